The van der Waals surface area contributed by atoms with Crippen molar-refractivity contribution < 1.29 is 32.9 Å². The van der Waals surface area contributed by atoms with Crippen LogP contribution >= 0.6 is 0 Å². The maximum atomic E-state index is 14.9. The minimum absolute atomic E-state index is 0.0556. The van der Waals surface area contributed by atoms with Crippen molar-refractivity contribution >= 4 is 17.0 Å². The van der Waals surface area contributed by atoms with Gasteiger partial charge in [0.2, 0.25) is 5.88 Å². The van der Waals surface area contributed by atoms with Gasteiger partial charge >= 0.3 is 6.09 Å². The summed E-state index contributed by atoms with van der Waals surface area (Å²) < 4.78 is 46.6. The van der Waals surface area contributed by atoms with E-state index in [0.717, 1.165) is 12.1 Å². The first kappa shape index (κ1) is 26.0. The van der Waals surface area contributed by atoms with E-state index in [1.54, 1.807) is 31.2 Å². The molecule has 202 valence electrons. The summed E-state index contributed by atoms with van der Waals surface area (Å²) in [5.74, 6) is -1.45. The molecular weight excluding hydrogens is 512 g/mol. The number of ether oxygens (including phenoxy) is 3. The lowest BCUT2D eigenvalue weighted by molar-refractivity contribution is 0.128. The Bertz CT molecular complexity index is 1570. The monoisotopic (exact) mass is 537 g/mol. The van der Waals surface area contributed by atoms with E-state index in [1.807, 2.05) is 0 Å². The molecule has 0 saturated heterocycles. The SMILES string of the molecule is C=C(C)OC(=O)N1Cc2nc(-c3nn(Cc4c(F)cc(OCCOC)cc4F)c4ccccc34)nc(O)c2C1. The van der Waals surface area contributed by atoms with Crippen molar-refractivity contribution in [2.24, 2.45) is 0 Å². The lowest BCUT2D eigenvalue weighted by Gasteiger charge is -2.14. The second-order valence-corrected chi connectivity index (χ2v) is 8.95. The Balaban J connectivity index is 1.48. The number of allylic oxidation sites excluding steroid dienone is 1. The number of aromatic hydroxyl groups is 1. The largest absolute Gasteiger partial charge is 0.493 e. The quantitative estimate of drug-likeness (QED) is 0.258. The third-order valence-electron chi connectivity index (χ3n) is 6.13. The number of carbonyl (C=O) groups is 1. The molecule has 2 aromatic heterocycles. The van der Waals surface area contributed by atoms with Crippen molar-refractivity contribution in [1.29, 1.82) is 0 Å². The lowest BCUT2D eigenvalue weighted by Crippen LogP contribution is -2.25. The van der Waals surface area contributed by atoms with Gasteiger partial charge in [0.1, 0.15) is 29.7 Å². The van der Waals surface area contributed by atoms with E-state index in [9.17, 15) is 18.7 Å². The average Bonchev–Trinajstić information content (AvgIpc) is 3.48. The van der Waals surface area contributed by atoms with E-state index < -0.39 is 17.7 Å². The van der Waals surface area contributed by atoms with Gasteiger partial charge in [0.05, 0.1) is 48.8 Å². The molecule has 0 fully saturated rings. The van der Waals surface area contributed by atoms with Gasteiger partial charge in [0, 0.05) is 30.2 Å². The van der Waals surface area contributed by atoms with Crippen LogP contribution in [0.25, 0.3) is 22.4 Å². The molecular formula is C27H25F2N5O5. The Morgan fingerprint density at radius 2 is 1.87 bits per heavy atom. The van der Waals surface area contributed by atoms with Crippen LogP contribution < -0.4 is 4.74 Å². The Labute approximate surface area is 222 Å². The molecule has 3 heterocycles. The lowest BCUT2D eigenvalue weighted by atomic mass is 10.1. The number of hydrogen-bond acceptors (Lipinski definition) is 8. The predicted molar refractivity (Wildman–Crippen MR) is 136 cm³/mol. The minimum Gasteiger partial charge on any atom is -0.493 e. The van der Waals surface area contributed by atoms with Crippen LogP contribution in [0.1, 0.15) is 23.7 Å². The van der Waals surface area contributed by atoms with Gasteiger partial charge in [0.25, 0.3) is 0 Å². The summed E-state index contributed by atoms with van der Waals surface area (Å²) in [7, 11) is 1.50. The molecule has 0 bridgehead atoms. The van der Waals surface area contributed by atoms with Gasteiger partial charge in [-0.15, -0.1) is 0 Å². The smallest absolute Gasteiger partial charge is 0.415 e. The van der Waals surface area contributed by atoms with E-state index in [0.29, 0.717) is 27.9 Å². The molecule has 12 heteroatoms. The van der Waals surface area contributed by atoms with Gasteiger partial charge < -0.3 is 19.3 Å². The summed E-state index contributed by atoms with van der Waals surface area (Å²) in [5.41, 5.74) is 1.54. The maximum absolute atomic E-state index is 14.9. The second kappa shape index (κ2) is 10.7. The zero-order valence-electron chi connectivity index (χ0n) is 21.3. The first-order chi connectivity index (χ1) is 18.7. The van der Waals surface area contributed by atoms with Crippen molar-refractivity contribution in [3.8, 4) is 23.1 Å². The number of hydrogen-bond donors (Lipinski definition) is 1. The summed E-state index contributed by atoms with van der Waals surface area (Å²) in [4.78, 5) is 22.4. The van der Waals surface area contributed by atoms with Crippen molar-refractivity contribution in [3.05, 3.63) is 77.2 Å². The molecule has 5 rings (SSSR count). The van der Waals surface area contributed by atoms with Gasteiger partial charge in [0.15, 0.2) is 5.82 Å². The number of benzene rings is 2. The van der Waals surface area contributed by atoms with E-state index >= 15 is 0 Å². The first-order valence-electron chi connectivity index (χ1n) is 12.0. The average molecular weight is 538 g/mol. The van der Waals surface area contributed by atoms with Crippen molar-refractivity contribution in [2.45, 2.75) is 26.6 Å². The molecule has 1 N–H and O–H groups in total. The van der Waals surface area contributed by atoms with Gasteiger partial charge in [-0.05, 0) is 13.0 Å². The fourth-order valence-corrected chi connectivity index (χ4v) is 4.31. The van der Waals surface area contributed by atoms with Gasteiger partial charge in [-0.2, -0.15) is 10.1 Å². The number of aromatic nitrogens is 4. The zero-order valence-corrected chi connectivity index (χ0v) is 21.3. The topological polar surface area (TPSA) is 112 Å². The first-order valence-corrected chi connectivity index (χ1v) is 12.0. The van der Waals surface area contributed by atoms with Crippen LogP contribution in [-0.2, 0) is 29.1 Å². The molecule has 0 atom stereocenters. The van der Waals surface area contributed by atoms with Crippen molar-refractivity contribution in [2.75, 3.05) is 20.3 Å². The third kappa shape index (κ3) is 5.23. The molecule has 2 aromatic carbocycles. The number of halogens is 2. The fraction of sp³-hybridized carbons (Fsp3) is 0.259. The molecule has 1 aliphatic rings. The van der Waals surface area contributed by atoms with Gasteiger partial charge in [-0.3, -0.25) is 9.58 Å². The molecule has 4 aromatic rings. The number of methoxy groups -OCH3 is 1. The number of carbonyl (C=O) groups excluding carboxylic acids is 1. The summed E-state index contributed by atoms with van der Waals surface area (Å²) in [6, 6.07) is 9.33. The summed E-state index contributed by atoms with van der Waals surface area (Å²) in [6.45, 7) is 5.51. The van der Waals surface area contributed by atoms with Crippen LogP contribution in [0.15, 0.2) is 48.7 Å². The van der Waals surface area contributed by atoms with Crippen LogP contribution in [0.4, 0.5) is 13.6 Å². The Hall–Kier alpha value is -4.58. The highest BCUT2D eigenvalue weighted by atomic mass is 19.1. The number of nitrogens with zero attached hydrogens (tertiary/aromatic N) is 5. The van der Waals surface area contributed by atoms with Gasteiger partial charge in [-0.25, -0.2) is 18.6 Å². The summed E-state index contributed by atoms with van der Waals surface area (Å²) >= 11 is 0. The molecule has 0 spiro atoms. The minimum atomic E-state index is -0.781. The highest BCUT2D eigenvalue weighted by Crippen LogP contribution is 2.33. The molecule has 0 radical (unpaired) electrons. The second-order valence-electron chi connectivity index (χ2n) is 8.95. The molecule has 10 nitrogen and oxygen atoms in total. The van der Waals surface area contributed by atoms with Crippen LogP contribution in [0.2, 0.25) is 0 Å². The number of amides is 1. The molecule has 1 aliphatic heterocycles. The van der Waals surface area contributed by atoms with E-state index in [-0.39, 0.29) is 61.6 Å². The summed E-state index contributed by atoms with van der Waals surface area (Å²) in [5, 5.41) is 15.8. The Morgan fingerprint density at radius 3 is 2.59 bits per heavy atom. The maximum Gasteiger partial charge on any atom is 0.415 e. The molecule has 1 amide bonds. The zero-order chi connectivity index (χ0) is 27.7. The third-order valence-corrected chi connectivity index (χ3v) is 6.13. The number of para-hydroxylation sites is 1. The number of fused-ring (bicyclic) bond motifs is 2. The van der Waals surface area contributed by atoms with Crippen LogP contribution in [-0.4, -0.2) is 56.2 Å². The van der Waals surface area contributed by atoms with E-state index in [4.69, 9.17) is 14.2 Å². The standard InChI is InChI=1S/C27H25F2N5O5/c1-15(2)39-27(36)33-12-19-22(14-33)30-25(31-26(19)35)24-17-6-4-5-7-23(17)34(32-24)13-18-20(28)10-16(11-21(18)29)38-9-8-37-3/h4-7,10-11H,1,8-9,12-14H2,2-3H3,(H,30,31,35). The molecule has 0 unspecified atom stereocenters. The highest BCUT2D eigenvalue weighted by molar-refractivity contribution is 5.91. The molecule has 0 saturated carbocycles. The normalized spacial score (nSPS) is 12.6. The Morgan fingerprint density at radius 1 is 1.13 bits per heavy atom. The summed E-state index contributed by atoms with van der Waals surface area (Å²) in [6.07, 6.45) is -0.615. The van der Waals surface area contributed by atoms with Crippen LogP contribution in [0.5, 0.6) is 11.6 Å². The molecule has 39 heavy (non-hydrogen) atoms. The van der Waals surface area contributed by atoms with Gasteiger partial charge in [-0.1, -0.05) is 24.8 Å². The van der Waals surface area contributed by atoms with Crippen molar-refractivity contribution in [1.82, 2.24) is 24.6 Å². The number of rotatable bonds is 8. The molecule has 0 aliphatic carbocycles. The Kier molecular flexibility index (Phi) is 7.11. The predicted octanol–water partition coefficient (Wildman–Crippen LogP) is 4.54. The van der Waals surface area contributed by atoms with Crippen molar-refractivity contribution in [3.63, 3.8) is 0 Å². The van der Waals surface area contributed by atoms with Crippen LogP contribution in [0, 0.1) is 11.6 Å². The van der Waals surface area contributed by atoms with E-state index in [2.05, 4.69) is 21.6 Å². The van der Waals surface area contributed by atoms with E-state index in [1.165, 1.54) is 16.7 Å². The van der Waals surface area contributed by atoms with Crippen LogP contribution in [0.3, 0.4) is 0 Å². The highest BCUT2D eigenvalue weighted by Gasteiger charge is 2.31. The fourth-order valence-electron chi connectivity index (χ4n) is 4.31.